The number of nitrogens with one attached hydrogen (secondary N) is 1. The van der Waals surface area contributed by atoms with Crippen molar-refractivity contribution >= 4 is 17.8 Å². The van der Waals surface area contributed by atoms with Crippen LogP contribution in [0.25, 0.3) is 0 Å². The second-order valence-corrected chi connectivity index (χ2v) is 9.10. The van der Waals surface area contributed by atoms with Crippen molar-refractivity contribution in [1.82, 2.24) is 15.1 Å². The van der Waals surface area contributed by atoms with Crippen LogP contribution in [0.15, 0.2) is 12.1 Å². The minimum Gasteiger partial charge on any atom is -0.493 e. The summed E-state index contributed by atoms with van der Waals surface area (Å²) >= 11 is 0. The molecule has 35 heavy (non-hydrogen) atoms. The van der Waals surface area contributed by atoms with Crippen molar-refractivity contribution in [3.8, 4) is 17.2 Å². The summed E-state index contributed by atoms with van der Waals surface area (Å²) in [6.07, 6.45) is -1.72. The van der Waals surface area contributed by atoms with Gasteiger partial charge in [-0.25, -0.2) is 4.79 Å². The van der Waals surface area contributed by atoms with E-state index in [1.54, 1.807) is 26.2 Å². The van der Waals surface area contributed by atoms with Gasteiger partial charge in [0.05, 0.1) is 21.3 Å². The van der Waals surface area contributed by atoms with Gasteiger partial charge in [-0.3, -0.25) is 14.5 Å². The Balaban J connectivity index is 1.60. The maximum Gasteiger partial charge on any atom is 0.336 e. The summed E-state index contributed by atoms with van der Waals surface area (Å²) in [5, 5.41) is 11.7. The van der Waals surface area contributed by atoms with Crippen LogP contribution in [0.1, 0.15) is 25.8 Å². The first-order chi connectivity index (χ1) is 16.7. The molecule has 0 radical (unpaired) electrons. The SMILES string of the molecule is COc1ccc(CN2CCN(C(=O)C(CC(C)C)NC(=O)[C@@H]3O[C@H]3C(=O)O)CC2)c(OC)c1OC. The molecule has 1 unspecified atom stereocenters. The predicted octanol–water partition coefficient (Wildman–Crippen LogP) is 0.740. The van der Waals surface area contributed by atoms with Crippen molar-refractivity contribution in [2.45, 2.75) is 45.1 Å². The Morgan fingerprint density at radius 1 is 1.03 bits per heavy atom. The van der Waals surface area contributed by atoms with E-state index in [1.165, 1.54) is 0 Å². The van der Waals surface area contributed by atoms with E-state index in [4.69, 9.17) is 24.1 Å². The van der Waals surface area contributed by atoms with Crippen molar-refractivity contribution in [3.05, 3.63) is 17.7 Å². The molecule has 2 amide bonds. The molecule has 3 rings (SSSR count). The van der Waals surface area contributed by atoms with Crippen molar-refractivity contribution in [1.29, 1.82) is 0 Å². The number of rotatable bonds is 11. The molecular formula is C24H35N3O8. The number of piperazine rings is 1. The predicted molar refractivity (Wildman–Crippen MR) is 126 cm³/mol. The average molecular weight is 494 g/mol. The minimum atomic E-state index is -1.18. The molecule has 11 heteroatoms. The zero-order chi connectivity index (χ0) is 25.7. The number of hydrogen-bond donors (Lipinski definition) is 2. The van der Waals surface area contributed by atoms with Gasteiger partial charge in [0.2, 0.25) is 11.7 Å². The lowest BCUT2D eigenvalue weighted by Crippen LogP contribution is -2.55. The molecule has 2 N–H and O–H groups in total. The number of carboxylic acids is 1. The van der Waals surface area contributed by atoms with Crippen molar-refractivity contribution in [3.63, 3.8) is 0 Å². The van der Waals surface area contributed by atoms with Crippen LogP contribution in [0.4, 0.5) is 0 Å². The number of amides is 2. The van der Waals surface area contributed by atoms with Gasteiger partial charge in [-0.15, -0.1) is 0 Å². The highest BCUT2D eigenvalue weighted by Crippen LogP contribution is 2.40. The fourth-order valence-corrected chi connectivity index (χ4v) is 4.32. The lowest BCUT2D eigenvalue weighted by atomic mass is 10.0. The van der Waals surface area contributed by atoms with Crippen LogP contribution in [-0.4, -0.2) is 98.4 Å². The maximum atomic E-state index is 13.2. The van der Waals surface area contributed by atoms with Gasteiger partial charge >= 0.3 is 5.97 Å². The summed E-state index contributed by atoms with van der Waals surface area (Å²) in [6, 6.07) is 3.06. The van der Waals surface area contributed by atoms with Crippen molar-refractivity contribution in [2.24, 2.45) is 5.92 Å². The molecule has 2 heterocycles. The summed E-state index contributed by atoms with van der Waals surface area (Å²) in [4.78, 5) is 40.6. The zero-order valence-corrected chi connectivity index (χ0v) is 20.9. The molecule has 2 fully saturated rings. The highest BCUT2D eigenvalue weighted by molar-refractivity contribution is 5.95. The zero-order valence-electron chi connectivity index (χ0n) is 20.9. The topological polar surface area (TPSA) is 130 Å². The number of benzene rings is 1. The summed E-state index contributed by atoms with van der Waals surface area (Å²) < 4.78 is 21.3. The molecule has 0 aromatic heterocycles. The molecule has 0 bridgehead atoms. The van der Waals surface area contributed by atoms with E-state index >= 15 is 0 Å². The van der Waals surface area contributed by atoms with Crippen LogP contribution in [0, 0.1) is 5.92 Å². The largest absolute Gasteiger partial charge is 0.493 e. The first-order valence-corrected chi connectivity index (χ1v) is 11.7. The number of aliphatic carboxylic acids is 1. The van der Waals surface area contributed by atoms with Crippen molar-refractivity contribution in [2.75, 3.05) is 47.5 Å². The fraction of sp³-hybridized carbons (Fsp3) is 0.625. The monoisotopic (exact) mass is 493 g/mol. The van der Waals surface area contributed by atoms with Gasteiger partial charge in [-0.1, -0.05) is 19.9 Å². The van der Waals surface area contributed by atoms with E-state index in [0.717, 1.165) is 5.56 Å². The Morgan fingerprint density at radius 3 is 2.20 bits per heavy atom. The Hall–Kier alpha value is -3.05. The minimum absolute atomic E-state index is 0.164. The van der Waals surface area contributed by atoms with Crippen LogP contribution in [0.3, 0.4) is 0 Å². The van der Waals surface area contributed by atoms with E-state index in [9.17, 15) is 14.4 Å². The van der Waals surface area contributed by atoms with Gasteiger partial charge in [0.1, 0.15) is 6.04 Å². The molecule has 11 nitrogen and oxygen atoms in total. The van der Waals surface area contributed by atoms with Crippen LogP contribution in [0.5, 0.6) is 17.2 Å². The van der Waals surface area contributed by atoms with Gasteiger partial charge in [-0.2, -0.15) is 0 Å². The number of methoxy groups -OCH3 is 3. The molecule has 194 valence electrons. The quantitative estimate of drug-likeness (QED) is 0.429. The van der Waals surface area contributed by atoms with Crippen LogP contribution in [0.2, 0.25) is 0 Å². The number of carbonyl (C=O) groups is 3. The summed E-state index contributed by atoms with van der Waals surface area (Å²) in [6.45, 7) is 6.88. The molecule has 0 spiro atoms. The summed E-state index contributed by atoms with van der Waals surface area (Å²) in [5.41, 5.74) is 0.951. The van der Waals surface area contributed by atoms with Gasteiger partial charge < -0.3 is 34.3 Å². The third-order valence-corrected chi connectivity index (χ3v) is 6.18. The van der Waals surface area contributed by atoms with Crippen LogP contribution < -0.4 is 19.5 Å². The summed E-state index contributed by atoms with van der Waals surface area (Å²) in [5.74, 6) is 0.00879. The average Bonchev–Trinajstić information content (AvgIpc) is 3.64. The third kappa shape index (κ3) is 6.34. The number of carboxylic acid groups (broad SMARTS) is 1. The van der Waals surface area contributed by atoms with E-state index < -0.39 is 30.1 Å². The lowest BCUT2D eigenvalue weighted by molar-refractivity contribution is -0.138. The normalized spacial score (nSPS) is 20.8. The number of epoxide rings is 1. The molecule has 3 atom stereocenters. The first-order valence-electron chi connectivity index (χ1n) is 11.7. The maximum absolute atomic E-state index is 13.2. The molecule has 1 aromatic rings. The van der Waals surface area contributed by atoms with E-state index in [-0.39, 0.29) is 11.8 Å². The first kappa shape index (κ1) is 26.6. The third-order valence-electron chi connectivity index (χ3n) is 6.18. The standard InChI is InChI=1S/C24H35N3O8/c1-14(2)12-16(25-22(28)20-21(35-20)24(30)31)23(29)27-10-8-26(9-11-27)13-15-6-7-17(32-3)19(34-5)18(15)33-4/h6-7,14,16,20-21H,8-13H2,1-5H3,(H,25,28)(H,30,31)/t16?,20-,21-/m1/s1. The Morgan fingerprint density at radius 2 is 1.69 bits per heavy atom. The van der Waals surface area contributed by atoms with E-state index in [0.29, 0.717) is 56.4 Å². The van der Waals surface area contributed by atoms with Gasteiger partial charge in [0.25, 0.3) is 5.91 Å². The molecule has 2 aliphatic heterocycles. The van der Waals surface area contributed by atoms with Gasteiger partial charge in [0.15, 0.2) is 23.7 Å². The number of carbonyl (C=O) groups excluding carboxylic acids is 2. The highest BCUT2D eigenvalue weighted by atomic mass is 16.6. The molecule has 2 aliphatic rings. The Kier molecular flexibility index (Phi) is 8.79. The van der Waals surface area contributed by atoms with E-state index in [1.807, 2.05) is 26.0 Å². The second kappa shape index (κ2) is 11.6. The lowest BCUT2D eigenvalue weighted by Gasteiger charge is -2.37. The number of hydrogen-bond acceptors (Lipinski definition) is 8. The van der Waals surface area contributed by atoms with Crippen LogP contribution in [-0.2, 0) is 25.7 Å². The summed E-state index contributed by atoms with van der Waals surface area (Å²) in [7, 11) is 4.73. The van der Waals surface area contributed by atoms with E-state index in [2.05, 4.69) is 10.2 Å². The number of nitrogens with zero attached hydrogens (tertiary/aromatic N) is 2. The molecule has 1 aromatic carbocycles. The molecular weight excluding hydrogens is 458 g/mol. The number of ether oxygens (including phenoxy) is 4. The smallest absolute Gasteiger partial charge is 0.336 e. The van der Waals surface area contributed by atoms with Crippen molar-refractivity contribution < 1.29 is 38.4 Å². The second-order valence-electron chi connectivity index (χ2n) is 9.10. The molecule has 2 saturated heterocycles. The molecule has 0 aliphatic carbocycles. The van der Waals surface area contributed by atoms with Gasteiger partial charge in [-0.05, 0) is 18.4 Å². The van der Waals surface area contributed by atoms with Crippen LogP contribution >= 0.6 is 0 Å². The highest BCUT2D eigenvalue weighted by Gasteiger charge is 2.51. The Labute approximate surface area is 205 Å². The van der Waals surface area contributed by atoms with Gasteiger partial charge in [0, 0.05) is 38.3 Å². The fourth-order valence-electron chi connectivity index (χ4n) is 4.32. The Bertz CT molecular complexity index is 930. The molecule has 0 saturated carbocycles.